The Morgan fingerprint density at radius 1 is 1.24 bits per heavy atom. The summed E-state index contributed by atoms with van der Waals surface area (Å²) in [6, 6.07) is 4.31. The minimum Gasteiger partial charge on any atom is -0.481 e. The molecule has 6 nitrogen and oxygen atoms in total. The normalized spacial score (nSPS) is 17.8. The molecule has 182 valence electrons. The molecule has 2 aliphatic rings. The third-order valence-corrected chi connectivity index (χ3v) is 6.54. The smallest absolute Gasteiger partial charge is 0.305 e. The zero-order valence-electron chi connectivity index (χ0n) is 19.0. The van der Waals surface area contributed by atoms with E-state index >= 15 is 0 Å². The lowest BCUT2D eigenvalue weighted by molar-refractivity contribution is -0.139. The average Bonchev–Trinajstić information content (AvgIpc) is 3.66. The van der Waals surface area contributed by atoms with Crippen molar-refractivity contribution in [2.45, 2.75) is 69.2 Å². The Morgan fingerprint density at radius 2 is 1.91 bits per heavy atom. The third-order valence-electron chi connectivity index (χ3n) is 6.22. The van der Waals surface area contributed by atoms with Crippen molar-refractivity contribution in [3.63, 3.8) is 0 Å². The topological polar surface area (TPSA) is 99.9 Å². The van der Waals surface area contributed by atoms with E-state index in [4.69, 9.17) is 26.4 Å². The summed E-state index contributed by atoms with van der Waals surface area (Å²) in [5.41, 5.74) is 5.10. The van der Waals surface area contributed by atoms with Crippen molar-refractivity contribution in [2.24, 2.45) is 0 Å². The third kappa shape index (κ3) is 5.84. The van der Waals surface area contributed by atoms with Crippen LogP contribution < -0.4 is 0 Å². The van der Waals surface area contributed by atoms with E-state index in [9.17, 15) is 19.4 Å². The van der Waals surface area contributed by atoms with Gasteiger partial charge in [0, 0.05) is 47.8 Å². The SMILES string of the molecule is COCc1c(C2CC2)nc(C2CC2)c(/C=C/C(O)CC(O)CC(=O)O)c1-c1ccc(F)cc1Cl. The molecule has 0 aliphatic heterocycles. The molecule has 0 radical (unpaired) electrons. The van der Waals surface area contributed by atoms with Crippen LogP contribution in [0.25, 0.3) is 17.2 Å². The fraction of sp³-hybridized carbons (Fsp3) is 0.462. The molecule has 1 aromatic heterocycles. The number of aliphatic hydroxyl groups is 2. The first-order valence-corrected chi connectivity index (χ1v) is 11.9. The number of aliphatic carboxylic acids is 1. The van der Waals surface area contributed by atoms with Crippen LogP contribution in [0.5, 0.6) is 0 Å². The van der Waals surface area contributed by atoms with Crippen molar-refractivity contribution in [2.75, 3.05) is 7.11 Å². The van der Waals surface area contributed by atoms with Crippen LogP contribution in [0.1, 0.15) is 72.9 Å². The van der Waals surface area contributed by atoms with E-state index in [2.05, 4.69) is 0 Å². The van der Waals surface area contributed by atoms with Gasteiger partial charge in [0.15, 0.2) is 0 Å². The Hall–Kier alpha value is -2.32. The summed E-state index contributed by atoms with van der Waals surface area (Å²) in [5.74, 6) is -0.908. The number of carboxylic acids is 1. The van der Waals surface area contributed by atoms with Crippen LogP contribution in [0.3, 0.4) is 0 Å². The molecular formula is C26H29ClFNO5. The highest BCUT2D eigenvalue weighted by atomic mass is 35.5. The molecule has 1 heterocycles. The number of methoxy groups -OCH3 is 1. The predicted octanol–water partition coefficient (Wildman–Crippen LogP) is 5.04. The van der Waals surface area contributed by atoms with Gasteiger partial charge >= 0.3 is 5.97 Å². The van der Waals surface area contributed by atoms with Crippen LogP contribution in [0.4, 0.5) is 4.39 Å². The lowest BCUT2D eigenvalue weighted by Crippen LogP contribution is -2.19. The molecule has 2 saturated carbocycles. The molecule has 2 fully saturated rings. The van der Waals surface area contributed by atoms with Gasteiger partial charge in [-0.1, -0.05) is 23.8 Å². The summed E-state index contributed by atoms with van der Waals surface area (Å²) in [6.45, 7) is 0.313. The van der Waals surface area contributed by atoms with Crippen LogP contribution >= 0.6 is 11.6 Å². The van der Waals surface area contributed by atoms with E-state index in [0.717, 1.165) is 53.8 Å². The highest BCUT2D eigenvalue weighted by Crippen LogP contribution is 2.50. The molecular weight excluding hydrogens is 461 g/mol. The minimum atomic E-state index is -1.16. The standard InChI is InChI=1S/C26H29ClFNO5/c1-34-13-21-24(19-8-6-16(28)10-22(19)27)20(9-7-17(30)11-18(31)12-23(32)33)25(14-2-3-14)29-26(21)15-4-5-15/h6-10,14-15,17-18,30-31H,2-5,11-13H2,1H3,(H,32,33)/b9-7+. The van der Waals surface area contributed by atoms with Crippen LogP contribution in [0.2, 0.25) is 5.02 Å². The monoisotopic (exact) mass is 489 g/mol. The summed E-state index contributed by atoms with van der Waals surface area (Å²) in [5, 5.41) is 29.5. The summed E-state index contributed by atoms with van der Waals surface area (Å²) in [7, 11) is 1.62. The Kier molecular flexibility index (Phi) is 7.67. The van der Waals surface area contributed by atoms with Gasteiger partial charge in [-0.25, -0.2) is 4.39 Å². The molecule has 4 rings (SSSR count). The van der Waals surface area contributed by atoms with Crippen molar-refractivity contribution in [1.82, 2.24) is 4.98 Å². The molecule has 2 unspecified atom stereocenters. The van der Waals surface area contributed by atoms with E-state index in [1.54, 1.807) is 25.3 Å². The van der Waals surface area contributed by atoms with Crippen molar-refractivity contribution in [3.05, 3.63) is 57.6 Å². The molecule has 8 heteroatoms. The highest BCUT2D eigenvalue weighted by Gasteiger charge is 2.35. The maximum absolute atomic E-state index is 13.9. The molecule has 2 atom stereocenters. The highest BCUT2D eigenvalue weighted by molar-refractivity contribution is 6.33. The molecule has 34 heavy (non-hydrogen) atoms. The number of benzene rings is 1. The van der Waals surface area contributed by atoms with Gasteiger partial charge in [-0.3, -0.25) is 9.78 Å². The molecule has 0 bridgehead atoms. The maximum Gasteiger partial charge on any atom is 0.305 e. The van der Waals surface area contributed by atoms with E-state index < -0.39 is 30.4 Å². The lowest BCUT2D eigenvalue weighted by atomic mass is 9.89. The first-order valence-electron chi connectivity index (χ1n) is 11.6. The van der Waals surface area contributed by atoms with Gasteiger partial charge in [-0.2, -0.15) is 0 Å². The minimum absolute atomic E-state index is 0.104. The van der Waals surface area contributed by atoms with Gasteiger partial charge in [0.05, 0.1) is 36.0 Å². The van der Waals surface area contributed by atoms with Crippen LogP contribution in [-0.4, -0.2) is 45.6 Å². The Morgan fingerprint density at radius 3 is 2.50 bits per heavy atom. The number of pyridine rings is 1. The van der Waals surface area contributed by atoms with Gasteiger partial charge in [-0.15, -0.1) is 0 Å². The number of aromatic nitrogens is 1. The van der Waals surface area contributed by atoms with Crippen molar-refractivity contribution < 1.29 is 29.2 Å². The number of aliphatic hydroxyl groups excluding tert-OH is 2. The summed E-state index contributed by atoms with van der Waals surface area (Å²) in [4.78, 5) is 15.9. The van der Waals surface area contributed by atoms with Gasteiger partial charge in [0.1, 0.15) is 5.82 Å². The van der Waals surface area contributed by atoms with Crippen LogP contribution in [0, 0.1) is 5.82 Å². The van der Waals surface area contributed by atoms with Crippen LogP contribution in [0.15, 0.2) is 24.3 Å². The quantitative estimate of drug-likeness (QED) is 0.409. The first kappa shape index (κ1) is 24.8. The number of rotatable bonds is 11. The van der Waals surface area contributed by atoms with Crippen molar-refractivity contribution in [1.29, 1.82) is 0 Å². The fourth-order valence-corrected chi connectivity index (χ4v) is 4.61. The molecule has 1 aromatic carbocycles. The largest absolute Gasteiger partial charge is 0.481 e. The summed E-state index contributed by atoms with van der Waals surface area (Å²) >= 11 is 6.52. The second-order valence-electron chi connectivity index (χ2n) is 9.17. The second kappa shape index (κ2) is 10.5. The molecule has 2 aromatic rings. The number of carbonyl (C=O) groups is 1. The van der Waals surface area contributed by atoms with Gasteiger partial charge in [0.2, 0.25) is 0 Å². The van der Waals surface area contributed by atoms with E-state index in [0.29, 0.717) is 24.0 Å². The summed E-state index contributed by atoms with van der Waals surface area (Å²) < 4.78 is 19.4. The fourth-order valence-electron chi connectivity index (χ4n) is 4.35. The number of ether oxygens (including phenoxy) is 1. The summed E-state index contributed by atoms with van der Waals surface area (Å²) in [6.07, 6.45) is 4.69. The predicted molar refractivity (Wildman–Crippen MR) is 127 cm³/mol. The second-order valence-corrected chi connectivity index (χ2v) is 9.58. The van der Waals surface area contributed by atoms with Crippen LogP contribution in [-0.2, 0) is 16.1 Å². The van der Waals surface area contributed by atoms with Gasteiger partial charge < -0.3 is 20.1 Å². The average molecular weight is 490 g/mol. The number of hydrogen-bond donors (Lipinski definition) is 3. The zero-order chi connectivity index (χ0) is 24.4. The molecule has 0 saturated heterocycles. The van der Waals surface area contributed by atoms with Gasteiger partial charge in [-0.05, 0) is 49.4 Å². The van der Waals surface area contributed by atoms with E-state index in [-0.39, 0.29) is 11.4 Å². The molecule has 2 aliphatic carbocycles. The molecule has 3 N–H and O–H groups in total. The zero-order valence-corrected chi connectivity index (χ0v) is 19.8. The first-order chi connectivity index (χ1) is 16.3. The Labute approximate surface area is 203 Å². The molecule has 0 amide bonds. The Balaban J connectivity index is 1.83. The van der Waals surface area contributed by atoms with E-state index in [1.807, 2.05) is 0 Å². The number of halogens is 2. The number of carboxylic acid groups (broad SMARTS) is 1. The van der Waals surface area contributed by atoms with E-state index in [1.165, 1.54) is 12.1 Å². The maximum atomic E-state index is 13.9. The molecule has 0 spiro atoms. The van der Waals surface area contributed by atoms with Crippen molar-refractivity contribution >= 4 is 23.6 Å². The number of nitrogens with zero attached hydrogens (tertiary/aromatic N) is 1. The lowest BCUT2D eigenvalue weighted by Gasteiger charge is -2.21. The Bertz CT molecular complexity index is 1100. The van der Waals surface area contributed by atoms with Gasteiger partial charge in [0.25, 0.3) is 0 Å². The number of hydrogen-bond acceptors (Lipinski definition) is 5. The van der Waals surface area contributed by atoms with Crippen molar-refractivity contribution in [3.8, 4) is 11.1 Å².